The first-order valence-electron chi connectivity index (χ1n) is 4.63. The number of nitrogens with zero attached hydrogens (tertiary/aromatic N) is 1. The Morgan fingerprint density at radius 3 is 2.71 bits per heavy atom. The predicted octanol–water partition coefficient (Wildman–Crippen LogP) is 2.64. The third-order valence-corrected chi connectivity index (χ3v) is 2.63. The van der Waals surface area contributed by atoms with E-state index in [4.69, 9.17) is 11.6 Å². The van der Waals surface area contributed by atoms with Crippen LogP contribution in [0.5, 0.6) is 0 Å². The van der Waals surface area contributed by atoms with Crippen molar-refractivity contribution in [1.82, 2.24) is 4.57 Å². The standard InChI is InChI=1S/C12H8ClFNO.Y/c1-15-10(6-3-7-11(15)16)12-8(13)4-2-5-9(12)14;/h2-5,7H,1H3;/q-1;. The number of aromatic nitrogens is 1. The molecule has 0 fully saturated rings. The van der Waals surface area contributed by atoms with Crippen LogP contribution in [0.2, 0.25) is 5.02 Å². The van der Waals surface area contributed by atoms with Gasteiger partial charge >= 0.3 is 0 Å². The zero-order chi connectivity index (χ0) is 11.7. The van der Waals surface area contributed by atoms with Crippen LogP contribution in [0.15, 0.2) is 35.1 Å². The van der Waals surface area contributed by atoms with Crippen LogP contribution in [-0.2, 0) is 39.8 Å². The monoisotopic (exact) mass is 325 g/mol. The molecular formula is C12H8ClFNOY-. The summed E-state index contributed by atoms with van der Waals surface area (Å²) in [6, 6.07) is 10.0. The Morgan fingerprint density at radius 2 is 2.06 bits per heavy atom. The molecule has 1 aromatic heterocycles. The van der Waals surface area contributed by atoms with Crippen LogP contribution in [0, 0.1) is 11.9 Å². The van der Waals surface area contributed by atoms with Crippen molar-refractivity contribution in [1.29, 1.82) is 0 Å². The van der Waals surface area contributed by atoms with Crippen LogP contribution >= 0.6 is 11.6 Å². The second-order valence-electron chi connectivity index (χ2n) is 3.32. The largest absolute Gasteiger partial charge is 0.345 e. The average molecular weight is 326 g/mol. The van der Waals surface area contributed by atoms with E-state index in [1.54, 1.807) is 13.1 Å². The second-order valence-corrected chi connectivity index (χ2v) is 3.73. The van der Waals surface area contributed by atoms with Crippen molar-refractivity contribution in [3.8, 4) is 11.3 Å². The molecule has 0 atom stereocenters. The van der Waals surface area contributed by atoms with Crippen molar-refractivity contribution < 1.29 is 37.1 Å². The molecule has 0 spiro atoms. The first-order chi connectivity index (χ1) is 7.61. The van der Waals surface area contributed by atoms with Gasteiger partial charge in [-0.3, -0.25) is 4.79 Å². The summed E-state index contributed by atoms with van der Waals surface area (Å²) in [7, 11) is 1.55. The fourth-order valence-corrected chi connectivity index (χ4v) is 1.73. The molecule has 0 aliphatic carbocycles. The summed E-state index contributed by atoms with van der Waals surface area (Å²) in [6.07, 6.45) is 0. The van der Waals surface area contributed by atoms with Crippen LogP contribution in [-0.4, -0.2) is 4.57 Å². The van der Waals surface area contributed by atoms with E-state index in [1.165, 1.54) is 28.8 Å². The number of hydrogen-bond donors (Lipinski definition) is 0. The van der Waals surface area contributed by atoms with E-state index in [-0.39, 0.29) is 48.9 Å². The third-order valence-electron chi connectivity index (χ3n) is 2.31. The number of halogens is 2. The van der Waals surface area contributed by atoms with E-state index in [1.807, 2.05) is 0 Å². The maximum atomic E-state index is 13.6. The number of pyridine rings is 1. The fourth-order valence-electron chi connectivity index (χ4n) is 1.47. The van der Waals surface area contributed by atoms with Gasteiger partial charge in [0, 0.05) is 39.8 Å². The topological polar surface area (TPSA) is 22.0 Å². The molecule has 0 aliphatic rings. The van der Waals surface area contributed by atoms with Gasteiger partial charge in [-0.05, 0) is 16.7 Å². The molecular weight excluding hydrogens is 317 g/mol. The molecule has 2 rings (SSSR count). The quantitative estimate of drug-likeness (QED) is 0.739. The Hall–Kier alpha value is -0.506. The molecule has 1 heterocycles. The molecule has 1 radical (unpaired) electrons. The molecule has 1 aromatic carbocycles. The second kappa shape index (κ2) is 5.90. The molecule has 2 aromatic rings. The molecule has 17 heavy (non-hydrogen) atoms. The van der Waals surface area contributed by atoms with E-state index >= 15 is 0 Å². The van der Waals surface area contributed by atoms with E-state index in [9.17, 15) is 9.18 Å². The van der Waals surface area contributed by atoms with Gasteiger partial charge in [0.2, 0.25) is 0 Å². The van der Waals surface area contributed by atoms with Gasteiger partial charge in [-0.2, -0.15) is 12.1 Å². The maximum Gasteiger partial charge on any atom is 0.194 e. The van der Waals surface area contributed by atoms with E-state index in [2.05, 4.69) is 6.07 Å². The minimum atomic E-state index is -0.468. The fraction of sp³-hybridized carbons (Fsp3) is 0.0833. The molecule has 5 heteroatoms. The van der Waals surface area contributed by atoms with Gasteiger partial charge < -0.3 is 4.57 Å². The molecule has 0 saturated carbocycles. The summed E-state index contributed by atoms with van der Waals surface area (Å²) in [6.45, 7) is 0. The van der Waals surface area contributed by atoms with Gasteiger partial charge in [0.25, 0.3) is 0 Å². The maximum absolute atomic E-state index is 13.6. The van der Waals surface area contributed by atoms with Crippen molar-refractivity contribution in [3.63, 3.8) is 0 Å². The van der Waals surface area contributed by atoms with Gasteiger partial charge in [-0.25, -0.2) is 4.39 Å². The van der Waals surface area contributed by atoms with Crippen molar-refractivity contribution in [2.45, 2.75) is 0 Å². The smallest absolute Gasteiger partial charge is 0.194 e. The van der Waals surface area contributed by atoms with E-state index in [0.29, 0.717) is 5.69 Å². The minimum absolute atomic E-state index is 0. The Morgan fingerprint density at radius 1 is 1.35 bits per heavy atom. The van der Waals surface area contributed by atoms with Crippen LogP contribution < -0.4 is 5.56 Å². The summed E-state index contributed by atoms with van der Waals surface area (Å²) in [5.74, 6) is -0.468. The normalized spacial score (nSPS) is 9.82. The summed E-state index contributed by atoms with van der Waals surface area (Å²) in [4.78, 5) is 11.4. The van der Waals surface area contributed by atoms with Crippen LogP contribution in [0.1, 0.15) is 0 Å². The van der Waals surface area contributed by atoms with Gasteiger partial charge in [0.15, 0.2) is 5.56 Å². The predicted molar refractivity (Wildman–Crippen MR) is 60.9 cm³/mol. The zero-order valence-electron chi connectivity index (χ0n) is 9.08. The molecule has 0 N–H and O–H groups in total. The SMILES string of the molecule is Cn1c(-c2c(F)cccc2Cl)[c-]ccc1=O.[Y]. The molecule has 0 aliphatic heterocycles. The van der Waals surface area contributed by atoms with Crippen molar-refractivity contribution >= 4 is 11.6 Å². The Kier molecular flexibility index (Phi) is 5.05. The molecule has 85 valence electrons. The minimum Gasteiger partial charge on any atom is -0.345 e. The van der Waals surface area contributed by atoms with E-state index < -0.39 is 5.82 Å². The summed E-state index contributed by atoms with van der Waals surface area (Å²) in [5.41, 5.74) is 0.313. The van der Waals surface area contributed by atoms with Crippen LogP contribution in [0.25, 0.3) is 11.3 Å². The Bertz CT molecular complexity index is 577. The van der Waals surface area contributed by atoms with Crippen molar-refractivity contribution in [2.75, 3.05) is 0 Å². The van der Waals surface area contributed by atoms with Crippen LogP contribution in [0.3, 0.4) is 0 Å². The van der Waals surface area contributed by atoms with Crippen LogP contribution in [0.4, 0.5) is 4.39 Å². The molecule has 0 bridgehead atoms. The van der Waals surface area contributed by atoms with Crippen molar-refractivity contribution in [2.24, 2.45) is 7.05 Å². The summed E-state index contributed by atoms with van der Waals surface area (Å²) in [5, 5.41) is 0.262. The molecule has 2 nitrogen and oxygen atoms in total. The molecule has 0 unspecified atom stereocenters. The first kappa shape index (κ1) is 14.6. The Labute approximate surface area is 128 Å². The average Bonchev–Trinajstić information content (AvgIpc) is 2.24. The summed E-state index contributed by atoms with van der Waals surface area (Å²) < 4.78 is 14.9. The van der Waals surface area contributed by atoms with Gasteiger partial charge in [-0.1, -0.05) is 35.5 Å². The van der Waals surface area contributed by atoms with E-state index in [0.717, 1.165) is 0 Å². The van der Waals surface area contributed by atoms with Gasteiger partial charge in [-0.15, -0.1) is 0 Å². The van der Waals surface area contributed by atoms with Gasteiger partial charge in [0.05, 0.1) is 5.82 Å². The summed E-state index contributed by atoms with van der Waals surface area (Å²) >= 11 is 5.91. The third kappa shape index (κ3) is 2.84. The Balaban J connectivity index is 0.00000144. The van der Waals surface area contributed by atoms with Gasteiger partial charge in [0.1, 0.15) is 0 Å². The van der Waals surface area contributed by atoms with Crippen molar-refractivity contribution in [3.05, 3.63) is 57.6 Å². The first-order valence-corrected chi connectivity index (χ1v) is 5.01. The molecule has 0 saturated heterocycles. The zero-order valence-corrected chi connectivity index (χ0v) is 12.7. The number of benzene rings is 1. The number of hydrogen-bond acceptors (Lipinski definition) is 1. The molecule has 0 amide bonds. The number of rotatable bonds is 1.